The van der Waals surface area contributed by atoms with Crippen molar-refractivity contribution >= 4 is 53.3 Å². The molecule has 0 unspecified atom stereocenters. The number of carbonyl (C=O) groups excluding carboxylic acids is 6. The summed E-state index contributed by atoms with van der Waals surface area (Å²) in [6.07, 6.45) is 1.06. The summed E-state index contributed by atoms with van der Waals surface area (Å²) in [5, 5.41) is 52.7. The molecule has 0 bridgehead atoms. The minimum absolute atomic E-state index is 0.0126. The van der Waals surface area contributed by atoms with Crippen molar-refractivity contribution in [2.45, 2.75) is 114 Å². The van der Waals surface area contributed by atoms with Crippen molar-refractivity contribution in [1.82, 2.24) is 31.5 Å². The Morgan fingerprint density at radius 2 is 1.10 bits per heavy atom. The highest BCUT2D eigenvalue weighted by Crippen LogP contribution is 2.21. The normalized spacial score (nSPS) is 16.3. The standard InChI is InChI=1S/C44H67N13O11/c1-3-24(2)35(45)41(66)57-20-6-9-34(57)40(65)56-33(23-58)39(64)55-31(21-25-10-14-27(59)15-11-25)37(62)52-29(7-4-18-50-43(46)47)36(61)54-32(22-26-12-16-28(60)17-13-26)38(63)53-30(42(67)68)8-5-19-51-44(48)49/h10-17,24,29-35,58-60H,3-9,18-23,45H2,1-2H3,(H,52,62)(H,53,63)(H,54,61)(H,55,64)(H,56,65)(H,67,68)(H4,46,47,50)(H4,48,49,51)/t24-,29-,30-,31-,32-,33-,34-,35-/m0/s1. The molecule has 2 aromatic carbocycles. The van der Waals surface area contributed by atoms with Crippen LogP contribution in [0.1, 0.15) is 69.9 Å². The van der Waals surface area contributed by atoms with E-state index in [0.29, 0.717) is 24.0 Å². The molecule has 24 heteroatoms. The van der Waals surface area contributed by atoms with E-state index in [9.17, 15) is 54.0 Å². The molecular formula is C44H67N13O11. The van der Waals surface area contributed by atoms with Crippen molar-refractivity contribution in [2.75, 3.05) is 26.2 Å². The van der Waals surface area contributed by atoms with E-state index in [1.807, 2.05) is 13.8 Å². The number of phenols is 2. The second kappa shape index (κ2) is 27.4. The molecule has 0 aromatic heterocycles. The lowest BCUT2D eigenvalue weighted by Gasteiger charge is -2.30. The van der Waals surface area contributed by atoms with Gasteiger partial charge in [0.1, 0.15) is 47.8 Å². The number of aliphatic hydroxyl groups excluding tert-OH is 1. The molecule has 1 aliphatic rings. The largest absolute Gasteiger partial charge is 0.508 e. The summed E-state index contributed by atoms with van der Waals surface area (Å²) in [6.45, 7) is 3.16. The quantitative estimate of drug-likeness (QED) is 0.0239. The molecule has 0 spiro atoms. The van der Waals surface area contributed by atoms with Gasteiger partial charge in [-0.3, -0.25) is 38.8 Å². The first kappa shape index (κ1) is 55.1. The molecule has 1 fully saturated rings. The lowest BCUT2D eigenvalue weighted by molar-refractivity contribution is -0.142. The van der Waals surface area contributed by atoms with E-state index < -0.39 is 90.3 Å². The Balaban J connectivity index is 1.92. The van der Waals surface area contributed by atoms with Gasteiger partial charge >= 0.3 is 5.97 Å². The number of hydrogen-bond acceptors (Lipinski definition) is 13. The van der Waals surface area contributed by atoms with Crippen LogP contribution in [0.15, 0.2) is 58.5 Å². The summed E-state index contributed by atoms with van der Waals surface area (Å²) in [5.74, 6) is -6.99. The van der Waals surface area contributed by atoms with Gasteiger partial charge in [0.05, 0.1) is 12.6 Å². The summed E-state index contributed by atoms with van der Waals surface area (Å²) >= 11 is 0. The van der Waals surface area contributed by atoms with Crippen molar-refractivity contribution in [2.24, 2.45) is 44.6 Å². The molecule has 19 N–H and O–H groups in total. The van der Waals surface area contributed by atoms with Gasteiger partial charge in [0.2, 0.25) is 35.4 Å². The smallest absolute Gasteiger partial charge is 0.326 e. The number of guanidine groups is 2. The van der Waals surface area contributed by atoms with Crippen molar-refractivity contribution in [1.29, 1.82) is 0 Å². The third-order valence-corrected chi connectivity index (χ3v) is 11.4. The number of hydrogen-bond donors (Lipinski definition) is 14. The zero-order chi connectivity index (χ0) is 50.5. The first-order valence-electron chi connectivity index (χ1n) is 22.3. The highest BCUT2D eigenvalue weighted by Gasteiger charge is 2.39. The molecule has 1 saturated heterocycles. The van der Waals surface area contributed by atoms with Gasteiger partial charge in [-0.05, 0) is 79.8 Å². The van der Waals surface area contributed by atoms with E-state index in [-0.39, 0.29) is 93.9 Å². The van der Waals surface area contributed by atoms with Crippen LogP contribution < -0.4 is 55.3 Å². The highest BCUT2D eigenvalue weighted by molar-refractivity contribution is 5.97. The zero-order valence-electron chi connectivity index (χ0n) is 38.3. The Labute approximate surface area is 393 Å². The van der Waals surface area contributed by atoms with Gasteiger partial charge < -0.3 is 80.6 Å². The molecule has 1 heterocycles. The Morgan fingerprint density at radius 3 is 1.54 bits per heavy atom. The number of amides is 6. The van der Waals surface area contributed by atoms with Gasteiger partial charge in [0.15, 0.2) is 11.9 Å². The average Bonchev–Trinajstić information content (AvgIpc) is 3.80. The first-order chi connectivity index (χ1) is 32.2. The Morgan fingerprint density at radius 1 is 0.676 bits per heavy atom. The SMILES string of the molecule is CC[C@H](C)[C@H](N)C(=O)N1CCC[C@H]1C(=O)N[C@@H](CO)C(=O)N[C@@H](Cc1ccc(O)cc1)C(=O)N[C@@H](CCCN=C(N)N)C(=O)N[C@@H](Cc1ccc(O)cc1)C(=O)N[C@@H](CCCN=C(N)N)C(=O)O. The maximum absolute atomic E-state index is 14.3. The first-order valence-corrected chi connectivity index (χ1v) is 22.3. The molecule has 2 aromatic rings. The lowest BCUT2D eigenvalue weighted by Crippen LogP contribution is -2.60. The number of nitrogens with two attached hydrogens (primary N) is 5. The van der Waals surface area contributed by atoms with E-state index in [4.69, 9.17) is 28.7 Å². The second-order valence-electron chi connectivity index (χ2n) is 16.6. The molecule has 8 atom stereocenters. The number of carbonyl (C=O) groups is 7. The number of benzene rings is 2. The molecule has 0 aliphatic carbocycles. The number of nitrogens with one attached hydrogen (secondary N) is 5. The predicted octanol–water partition coefficient (Wildman–Crippen LogP) is -3.14. The fourth-order valence-electron chi connectivity index (χ4n) is 7.23. The second-order valence-corrected chi connectivity index (χ2v) is 16.6. The van der Waals surface area contributed by atoms with Crippen molar-refractivity contribution < 1.29 is 54.0 Å². The molecule has 68 heavy (non-hydrogen) atoms. The van der Waals surface area contributed by atoms with Gasteiger partial charge in [0.25, 0.3) is 0 Å². The number of phenolic OH excluding ortho intramolecular Hbond substituents is 2. The summed E-state index contributed by atoms with van der Waals surface area (Å²) in [6, 6.07) is 2.14. The number of likely N-dealkylation sites (tertiary alicyclic amines) is 1. The third kappa shape index (κ3) is 17.9. The van der Waals surface area contributed by atoms with Crippen LogP contribution in [-0.4, -0.2) is 147 Å². The van der Waals surface area contributed by atoms with Crippen LogP contribution in [0.25, 0.3) is 0 Å². The minimum Gasteiger partial charge on any atom is -0.508 e. The van der Waals surface area contributed by atoms with Crippen LogP contribution in [0.5, 0.6) is 11.5 Å². The lowest BCUT2D eigenvalue weighted by atomic mass is 9.98. The summed E-state index contributed by atoms with van der Waals surface area (Å²) in [7, 11) is 0. The van der Waals surface area contributed by atoms with Crippen LogP contribution in [0.3, 0.4) is 0 Å². The van der Waals surface area contributed by atoms with Gasteiger partial charge in [-0.15, -0.1) is 0 Å². The molecule has 6 amide bonds. The van der Waals surface area contributed by atoms with Crippen LogP contribution in [0.4, 0.5) is 0 Å². The molecular weight excluding hydrogens is 887 g/mol. The van der Waals surface area contributed by atoms with E-state index in [0.717, 1.165) is 0 Å². The maximum atomic E-state index is 14.3. The maximum Gasteiger partial charge on any atom is 0.326 e. The van der Waals surface area contributed by atoms with Crippen molar-refractivity contribution in [3.8, 4) is 11.5 Å². The molecule has 24 nitrogen and oxygen atoms in total. The zero-order valence-corrected chi connectivity index (χ0v) is 38.3. The molecule has 0 saturated carbocycles. The molecule has 3 rings (SSSR count). The molecule has 374 valence electrons. The number of aromatic hydroxyl groups is 2. The predicted molar refractivity (Wildman–Crippen MR) is 250 cm³/mol. The molecule has 0 radical (unpaired) electrons. The van der Waals surface area contributed by atoms with E-state index >= 15 is 0 Å². The third-order valence-electron chi connectivity index (χ3n) is 11.4. The summed E-state index contributed by atoms with van der Waals surface area (Å²) in [5.41, 5.74) is 28.8. The number of nitrogens with zero attached hydrogens (tertiary/aromatic N) is 3. The number of aliphatic imine (C=N–C) groups is 2. The number of carboxylic acids is 1. The summed E-state index contributed by atoms with van der Waals surface area (Å²) < 4.78 is 0. The number of rotatable bonds is 27. The van der Waals surface area contributed by atoms with Crippen LogP contribution >= 0.6 is 0 Å². The Hall–Kier alpha value is -7.21. The van der Waals surface area contributed by atoms with Gasteiger partial charge in [-0.2, -0.15) is 0 Å². The van der Waals surface area contributed by atoms with Crippen LogP contribution in [0.2, 0.25) is 0 Å². The van der Waals surface area contributed by atoms with Crippen molar-refractivity contribution in [3.05, 3.63) is 59.7 Å². The Bertz CT molecular complexity index is 2080. The van der Waals surface area contributed by atoms with Gasteiger partial charge in [0, 0.05) is 32.5 Å². The summed E-state index contributed by atoms with van der Waals surface area (Å²) in [4.78, 5) is 104. The fourth-order valence-corrected chi connectivity index (χ4v) is 7.23. The van der Waals surface area contributed by atoms with E-state index in [1.54, 1.807) is 0 Å². The average molecular weight is 954 g/mol. The number of aliphatic carboxylic acids is 1. The fraction of sp³-hybridized carbons (Fsp3) is 0.523. The van der Waals surface area contributed by atoms with Gasteiger partial charge in [-0.1, -0.05) is 44.5 Å². The van der Waals surface area contributed by atoms with E-state index in [2.05, 4.69) is 36.6 Å². The molecule has 1 aliphatic heterocycles. The van der Waals surface area contributed by atoms with Gasteiger partial charge in [-0.25, -0.2) is 4.79 Å². The Kier molecular flexibility index (Phi) is 22.2. The van der Waals surface area contributed by atoms with Crippen LogP contribution in [-0.2, 0) is 46.4 Å². The number of aliphatic hydroxyl groups is 1. The monoisotopic (exact) mass is 954 g/mol. The van der Waals surface area contributed by atoms with E-state index in [1.165, 1.54) is 53.4 Å². The highest BCUT2D eigenvalue weighted by atomic mass is 16.4. The van der Waals surface area contributed by atoms with Crippen LogP contribution in [0, 0.1) is 5.92 Å². The van der Waals surface area contributed by atoms with Crippen molar-refractivity contribution in [3.63, 3.8) is 0 Å². The number of carboxylic acid groups (broad SMARTS) is 1. The topological polar surface area (TPSA) is 419 Å². The minimum atomic E-state index is -1.60.